The molecule has 11 heavy (non-hydrogen) atoms. The van der Waals surface area contributed by atoms with E-state index in [0.717, 1.165) is 19.4 Å². The van der Waals surface area contributed by atoms with E-state index in [-0.39, 0.29) is 0 Å². The van der Waals surface area contributed by atoms with Gasteiger partial charge in [-0.3, -0.25) is 0 Å². The van der Waals surface area contributed by atoms with E-state index in [9.17, 15) is 0 Å². The Hall–Kier alpha value is -0.480. The van der Waals surface area contributed by atoms with Crippen molar-refractivity contribution in [3.63, 3.8) is 0 Å². The first-order valence-electron chi connectivity index (χ1n) is 4.54. The van der Waals surface area contributed by atoms with Crippen molar-refractivity contribution in [3.8, 4) is 12.3 Å². The van der Waals surface area contributed by atoms with Crippen molar-refractivity contribution in [2.24, 2.45) is 0 Å². The van der Waals surface area contributed by atoms with Crippen molar-refractivity contribution < 1.29 is 0 Å². The molecular formula is C10H19N. The molecule has 0 rings (SSSR count). The molecule has 0 aliphatic carbocycles. The maximum absolute atomic E-state index is 5.33. The Balaban J connectivity index is 3.30. The number of rotatable bonds is 6. The molecule has 0 aliphatic heterocycles. The second kappa shape index (κ2) is 7.63. The fourth-order valence-corrected chi connectivity index (χ4v) is 0.986. The first-order chi connectivity index (χ1) is 5.35. The lowest BCUT2D eigenvalue weighted by molar-refractivity contribution is 0.547. The third kappa shape index (κ3) is 5.94. The van der Waals surface area contributed by atoms with Gasteiger partial charge in [0.05, 0.1) is 6.04 Å². The van der Waals surface area contributed by atoms with Gasteiger partial charge >= 0.3 is 0 Å². The van der Waals surface area contributed by atoms with Crippen molar-refractivity contribution in [2.75, 3.05) is 6.54 Å². The Morgan fingerprint density at radius 2 is 2.09 bits per heavy atom. The molecule has 0 saturated heterocycles. The van der Waals surface area contributed by atoms with Gasteiger partial charge in [-0.1, -0.05) is 32.6 Å². The summed E-state index contributed by atoms with van der Waals surface area (Å²) in [6.07, 6.45) is 10.0. The van der Waals surface area contributed by atoms with E-state index >= 15 is 0 Å². The fraction of sp³-hybridized carbons (Fsp3) is 0.800. The highest BCUT2D eigenvalue weighted by molar-refractivity contribution is 4.98. The van der Waals surface area contributed by atoms with Crippen molar-refractivity contribution in [3.05, 3.63) is 0 Å². The van der Waals surface area contributed by atoms with E-state index in [1.807, 2.05) is 0 Å². The molecular weight excluding hydrogens is 134 g/mol. The summed E-state index contributed by atoms with van der Waals surface area (Å²) in [6, 6.07) is 0.298. The van der Waals surface area contributed by atoms with Gasteiger partial charge in [-0.25, -0.2) is 0 Å². The van der Waals surface area contributed by atoms with E-state index in [0.29, 0.717) is 6.04 Å². The standard InChI is InChI=1S/C10H19N/c1-4-7-9-11-10(6-3)8-5-2/h3,10-11H,4-5,7-9H2,1-2H3/t10-/m0/s1. The summed E-state index contributed by atoms with van der Waals surface area (Å²) in [4.78, 5) is 0. The predicted octanol–water partition coefficient (Wildman–Crippen LogP) is 2.18. The van der Waals surface area contributed by atoms with Gasteiger partial charge in [-0.05, 0) is 19.4 Å². The molecule has 0 aromatic carbocycles. The number of terminal acetylenes is 1. The Morgan fingerprint density at radius 1 is 1.36 bits per heavy atom. The van der Waals surface area contributed by atoms with E-state index in [1.165, 1.54) is 12.8 Å². The van der Waals surface area contributed by atoms with Crippen molar-refractivity contribution in [1.82, 2.24) is 5.32 Å². The average Bonchev–Trinajstić information content (AvgIpc) is 2.03. The third-order valence-electron chi connectivity index (χ3n) is 1.70. The summed E-state index contributed by atoms with van der Waals surface area (Å²) in [5, 5.41) is 3.34. The largest absolute Gasteiger partial charge is 0.304 e. The van der Waals surface area contributed by atoms with Crippen LogP contribution in [0.1, 0.15) is 39.5 Å². The minimum atomic E-state index is 0.298. The molecule has 0 aromatic rings. The highest BCUT2D eigenvalue weighted by Crippen LogP contribution is 1.95. The van der Waals surface area contributed by atoms with Gasteiger partial charge in [-0.15, -0.1) is 6.42 Å². The van der Waals surface area contributed by atoms with Crippen LogP contribution in [0.25, 0.3) is 0 Å². The highest BCUT2D eigenvalue weighted by atomic mass is 14.9. The van der Waals surface area contributed by atoms with E-state index in [1.54, 1.807) is 0 Å². The van der Waals surface area contributed by atoms with Crippen LogP contribution in [0.3, 0.4) is 0 Å². The molecule has 0 bridgehead atoms. The maximum atomic E-state index is 5.33. The van der Waals surface area contributed by atoms with Gasteiger partial charge in [0.2, 0.25) is 0 Å². The van der Waals surface area contributed by atoms with Crippen LogP contribution in [0.15, 0.2) is 0 Å². The predicted molar refractivity (Wildman–Crippen MR) is 50.4 cm³/mol. The molecule has 0 aromatic heterocycles. The quantitative estimate of drug-likeness (QED) is 0.455. The van der Waals surface area contributed by atoms with Crippen molar-refractivity contribution in [1.29, 1.82) is 0 Å². The summed E-state index contributed by atoms with van der Waals surface area (Å²) in [7, 11) is 0. The molecule has 0 spiro atoms. The third-order valence-corrected chi connectivity index (χ3v) is 1.70. The lowest BCUT2D eigenvalue weighted by Crippen LogP contribution is -2.28. The van der Waals surface area contributed by atoms with Crippen LogP contribution >= 0.6 is 0 Å². The Morgan fingerprint density at radius 3 is 2.55 bits per heavy atom. The lowest BCUT2D eigenvalue weighted by Gasteiger charge is -2.10. The summed E-state index contributed by atoms with van der Waals surface area (Å²) >= 11 is 0. The van der Waals surface area contributed by atoms with Gasteiger partial charge in [0.15, 0.2) is 0 Å². The maximum Gasteiger partial charge on any atom is 0.0686 e. The van der Waals surface area contributed by atoms with Crippen LogP contribution in [-0.2, 0) is 0 Å². The van der Waals surface area contributed by atoms with Gasteiger partial charge < -0.3 is 5.32 Å². The molecule has 0 amide bonds. The molecule has 1 heteroatoms. The fourth-order valence-electron chi connectivity index (χ4n) is 0.986. The van der Waals surface area contributed by atoms with E-state index in [4.69, 9.17) is 6.42 Å². The van der Waals surface area contributed by atoms with E-state index in [2.05, 4.69) is 25.1 Å². The second-order valence-corrected chi connectivity index (χ2v) is 2.82. The molecule has 0 unspecified atom stereocenters. The Bertz CT molecular complexity index is 113. The van der Waals surface area contributed by atoms with Crippen LogP contribution in [0.2, 0.25) is 0 Å². The number of unbranched alkanes of at least 4 members (excludes halogenated alkanes) is 1. The molecule has 0 fully saturated rings. The molecule has 0 heterocycles. The zero-order valence-corrected chi connectivity index (χ0v) is 7.69. The van der Waals surface area contributed by atoms with Crippen LogP contribution in [-0.4, -0.2) is 12.6 Å². The summed E-state index contributed by atoms with van der Waals surface area (Å²) in [6.45, 7) is 5.41. The molecule has 0 saturated carbocycles. The summed E-state index contributed by atoms with van der Waals surface area (Å²) < 4.78 is 0. The minimum Gasteiger partial charge on any atom is -0.304 e. The van der Waals surface area contributed by atoms with Crippen molar-refractivity contribution in [2.45, 2.75) is 45.6 Å². The average molecular weight is 153 g/mol. The number of nitrogens with one attached hydrogen (secondary N) is 1. The second-order valence-electron chi connectivity index (χ2n) is 2.82. The first-order valence-corrected chi connectivity index (χ1v) is 4.54. The lowest BCUT2D eigenvalue weighted by atomic mass is 10.2. The van der Waals surface area contributed by atoms with Gasteiger partial charge in [-0.2, -0.15) is 0 Å². The molecule has 1 N–H and O–H groups in total. The SMILES string of the molecule is C#C[C@@H](CCC)NCCCC. The number of hydrogen-bond acceptors (Lipinski definition) is 1. The van der Waals surface area contributed by atoms with E-state index < -0.39 is 0 Å². The molecule has 64 valence electrons. The molecule has 0 radical (unpaired) electrons. The van der Waals surface area contributed by atoms with Crippen LogP contribution in [0.4, 0.5) is 0 Å². The molecule has 0 aliphatic rings. The van der Waals surface area contributed by atoms with Gasteiger partial charge in [0.25, 0.3) is 0 Å². The monoisotopic (exact) mass is 153 g/mol. The van der Waals surface area contributed by atoms with Crippen LogP contribution in [0.5, 0.6) is 0 Å². The van der Waals surface area contributed by atoms with Gasteiger partial charge in [0, 0.05) is 0 Å². The smallest absolute Gasteiger partial charge is 0.0686 e. The topological polar surface area (TPSA) is 12.0 Å². The Kier molecular flexibility index (Phi) is 7.29. The van der Waals surface area contributed by atoms with Crippen molar-refractivity contribution >= 4 is 0 Å². The zero-order chi connectivity index (χ0) is 8.53. The zero-order valence-electron chi connectivity index (χ0n) is 7.69. The molecule has 1 nitrogen and oxygen atoms in total. The highest BCUT2D eigenvalue weighted by Gasteiger charge is 1.99. The summed E-state index contributed by atoms with van der Waals surface area (Å²) in [5.41, 5.74) is 0. The summed E-state index contributed by atoms with van der Waals surface area (Å²) in [5.74, 6) is 2.75. The van der Waals surface area contributed by atoms with Crippen LogP contribution < -0.4 is 5.32 Å². The number of hydrogen-bond donors (Lipinski definition) is 1. The van der Waals surface area contributed by atoms with Crippen LogP contribution in [0, 0.1) is 12.3 Å². The molecule has 1 atom stereocenters. The normalized spacial score (nSPS) is 12.5. The van der Waals surface area contributed by atoms with Gasteiger partial charge in [0.1, 0.15) is 0 Å². The first kappa shape index (κ1) is 10.5. The Labute approximate surface area is 70.6 Å². The minimum absolute atomic E-state index is 0.298.